The van der Waals surface area contributed by atoms with Gasteiger partial charge in [-0.15, -0.1) is 0 Å². The lowest BCUT2D eigenvalue weighted by Gasteiger charge is -2.19. The lowest BCUT2D eigenvalue weighted by Crippen LogP contribution is -2.28. The molecule has 0 saturated heterocycles. The maximum atomic E-state index is 11.6. The summed E-state index contributed by atoms with van der Waals surface area (Å²) >= 11 is 0. The van der Waals surface area contributed by atoms with Gasteiger partial charge in [-0.25, -0.2) is 8.42 Å². The summed E-state index contributed by atoms with van der Waals surface area (Å²) < 4.78 is 23.1. The van der Waals surface area contributed by atoms with Crippen LogP contribution in [-0.2, 0) is 16.3 Å². The Morgan fingerprint density at radius 3 is 2.79 bits per heavy atom. The van der Waals surface area contributed by atoms with E-state index in [9.17, 15) is 8.42 Å². The fourth-order valence-electron chi connectivity index (χ4n) is 2.40. The number of fused-ring (bicyclic) bond motifs is 1. The van der Waals surface area contributed by atoms with E-state index in [1.165, 1.54) is 5.56 Å². The quantitative estimate of drug-likeness (QED) is 0.889. The van der Waals surface area contributed by atoms with E-state index in [4.69, 9.17) is 5.73 Å². The maximum absolute atomic E-state index is 11.6. The van der Waals surface area contributed by atoms with Crippen LogP contribution in [0.25, 0.3) is 0 Å². The fourth-order valence-corrected chi connectivity index (χ4v) is 3.19. The minimum atomic E-state index is -2.89. The van der Waals surface area contributed by atoms with Crippen LogP contribution in [0.15, 0.2) is 18.2 Å². The fraction of sp³-hybridized carbons (Fsp3) is 0.571. The van der Waals surface area contributed by atoms with Crippen molar-refractivity contribution in [2.45, 2.75) is 26.3 Å². The first kappa shape index (κ1) is 14.3. The van der Waals surface area contributed by atoms with E-state index in [-0.39, 0.29) is 17.5 Å². The molecule has 1 aliphatic heterocycles. The Bertz CT molecular complexity index is 553. The number of sulfone groups is 1. The zero-order valence-corrected chi connectivity index (χ0v) is 12.4. The monoisotopic (exact) mass is 282 g/mol. The first-order chi connectivity index (χ1) is 8.93. The van der Waals surface area contributed by atoms with Crippen molar-refractivity contribution >= 4 is 15.5 Å². The molecule has 1 aliphatic rings. The lowest BCUT2D eigenvalue weighted by molar-refractivity contribution is 0.596. The Hall–Kier alpha value is -1.07. The average Bonchev–Trinajstić information content (AvgIpc) is 2.78. The van der Waals surface area contributed by atoms with Gasteiger partial charge >= 0.3 is 0 Å². The molecule has 0 amide bonds. The highest BCUT2D eigenvalue weighted by Crippen LogP contribution is 2.29. The van der Waals surface area contributed by atoms with Gasteiger partial charge < -0.3 is 10.6 Å². The normalized spacial score (nSPS) is 16.5. The van der Waals surface area contributed by atoms with Crippen LogP contribution in [-0.4, -0.2) is 33.0 Å². The van der Waals surface area contributed by atoms with Crippen molar-refractivity contribution in [3.05, 3.63) is 29.3 Å². The summed E-state index contributed by atoms with van der Waals surface area (Å²) in [5.74, 6) is 0.454. The molecular formula is C14H22N2O2S. The van der Waals surface area contributed by atoms with E-state index in [1.54, 1.807) is 6.92 Å². The second-order valence-electron chi connectivity index (χ2n) is 5.15. The van der Waals surface area contributed by atoms with Crippen molar-refractivity contribution in [3.8, 4) is 0 Å². The molecule has 1 heterocycles. The van der Waals surface area contributed by atoms with Gasteiger partial charge in [-0.3, -0.25) is 0 Å². The minimum Gasteiger partial charge on any atom is -0.370 e. The zero-order chi connectivity index (χ0) is 14.0. The smallest absolute Gasteiger partial charge is 0.151 e. The Kier molecular flexibility index (Phi) is 4.16. The highest BCUT2D eigenvalue weighted by atomic mass is 32.2. The molecule has 0 saturated carbocycles. The van der Waals surface area contributed by atoms with E-state index in [0.29, 0.717) is 6.54 Å². The van der Waals surface area contributed by atoms with Crippen molar-refractivity contribution < 1.29 is 8.42 Å². The molecule has 0 fully saturated rings. The summed E-state index contributed by atoms with van der Waals surface area (Å²) in [6, 6.07) is 6.30. The molecule has 0 radical (unpaired) electrons. The zero-order valence-electron chi connectivity index (χ0n) is 11.6. The second-order valence-corrected chi connectivity index (χ2v) is 7.62. The predicted octanol–water partition coefficient (Wildman–Crippen LogP) is 1.50. The molecule has 0 aromatic heterocycles. The molecule has 0 spiro atoms. The molecule has 1 atom stereocenters. The van der Waals surface area contributed by atoms with Crippen molar-refractivity contribution in [2.24, 2.45) is 5.73 Å². The van der Waals surface area contributed by atoms with Crippen molar-refractivity contribution in [1.29, 1.82) is 0 Å². The summed E-state index contributed by atoms with van der Waals surface area (Å²) in [6.45, 7) is 5.15. The van der Waals surface area contributed by atoms with Crippen LogP contribution in [0.5, 0.6) is 0 Å². The van der Waals surface area contributed by atoms with Crippen molar-refractivity contribution in [3.63, 3.8) is 0 Å². The summed E-state index contributed by atoms with van der Waals surface area (Å²) in [4.78, 5) is 2.16. The third-order valence-corrected chi connectivity index (χ3v) is 5.42. The molecule has 19 heavy (non-hydrogen) atoms. The number of rotatable bonds is 5. The van der Waals surface area contributed by atoms with Gasteiger partial charge in [0.1, 0.15) is 0 Å². The molecule has 5 heteroatoms. The number of hydrogen-bond acceptors (Lipinski definition) is 4. The van der Waals surface area contributed by atoms with Crippen molar-refractivity contribution in [1.82, 2.24) is 0 Å². The van der Waals surface area contributed by atoms with Gasteiger partial charge in [0.15, 0.2) is 9.84 Å². The van der Waals surface area contributed by atoms with E-state index < -0.39 is 9.84 Å². The molecule has 0 aliphatic carbocycles. The summed E-state index contributed by atoms with van der Waals surface area (Å²) in [5.41, 5.74) is 9.47. The Balaban J connectivity index is 2.10. The average molecular weight is 282 g/mol. The van der Waals surface area contributed by atoms with Crippen LogP contribution in [0.3, 0.4) is 0 Å². The molecule has 2 rings (SSSR count). The summed E-state index contributed by atoms with van der Waals surface area (Å²) in [5, 5.41) is 0. The minimum absolute atomic E-state index is 0.0415. The van der Waals surface area contributed by atoms with Gasteiger partial charge in [0.2, 0.25) is 0 Å². The molecule has 1 aromatic rings. The lowest BCUT2D eigenvalue weighted by atomic mass is 10.0. The number of nitrogens with two attached hydrogens (primary N) is 1. The highest BCUT2D eigenvalue weighted by Gasteiger charge is 2.21. The first-order valence-electron chi connectivity index (χ1n) is 6.76. The van der Waals surface area contributed by atoms with E-state index >= 15 is 0 Å². The van der Waals surface area contributed by atoms with Crippen LogP contribution in [0, 0.1) is 0 Å². The van der Waals surface area contributed by atoms with Crippen LogP contribution in [0.2, 0.25) is 0 Å². The first-order valence-corrected chi connectivity index (χ1v) is 8.59. The standard InChI is InChI=1S/C14H22N2O2S/c1-3-19(17,18)9-8-16-7-6-13-10-12(11(2)15)4-5-14(13)16/h4-5,10-11H,3,6-9,15H2,1-2H3. The second kappa shape index (κ2) is 5.51. The van der Waals surface area contributed by atoms with Gasteiger partial charge in [-0.1, -0.05) is 19.1 Å². The van der Waals surface area contributed by atoms with E-state index in [1.807, 2.05) is 13.0 Å². The number of anilines is 1. The predicted molar refractivity (Wildman–Crippen MR) is 79.3 cm³/mol. The van der Waals surface area contributed by atoms with Gasteiger partial charge in [-0.2, -0.15) is 0 Å². The summed E-state index contributed by atoms with van der Waals surface area (Å²) in [6.07, 6.45) is 0.974. The van der Waals surface area contributed by atoms with E-state index in [0.717, 1.165) is 24.2 Å². The van der Waals surface area contributed by atoms with Gasteiger partial charge in [0.25, 0.3) is 0 Å². The van der Waals surface area contributed by atoms with Gasteiger partial charge in [0, 0.05) is 30.6 Å². The number of hydrogen-bond donors (Lipinski definition) is 1. The SMILES string of the molecule is CCS(=O)(=O)CCN1CCc2cc(C(C)N)ccc21. The summed E-state index contributed by atoms with van der Waals surface area (Å²) in [7, 11) is -2.89. The third kappa shape index (κ3) is 3.28. The number of nitrogens with zero attached hydrogens (tertiary/aromatic N) is 1. The molecule has 1 aromatic carbocycles. The molecule has 2 N–H and O–H groups in total. The van der Waals surface area contributed by atoms with Crippen LogP contribution in [0.4, 0.5) is 5.69 Å². The van der Waals surface area contributed by atoms with Gasteiger partial charge in [0.05, 0.1) is 5.75 Å². The van der Waals surface area contributed by atoms with Crippen LogP contribution >= 0.6 is 0 Å². The maximum Gasteiger partial charge on any atom is 0.151 e. The Morgan fingerprint density at radius 2 is 2.16 bits per heavy atom. The third-order valence-electron chi connectivity index (χ3n) is 3.73. The molecule has 1 unspecified atom stereocenters. The van der Waals surface area contributed by atoms with Crippen LogP contribution < -0.4 is 10.6 Å². The van der Waals surface area contributed by atoms with E-state index in [2.05, 4.69) is 17.0 Å². The number of benzene rings is 1. The van der Waals surface area contributed by atoms with Gasteiger partial charge in [-0.05, 0) is 30.5 Å². The van der Waals surface area contributed by atoms with Crippen LogP contribution in [0.1, 0.15) is 31.0 Å². The molecule has 0 bridgehead atoms. The highest BCUT2D eigenvalue weighted by molar-refractivity contribution is 7.91. The molecule has 106 valence electrons. The largest absolute Gasteiger partial charge is 0.370 e. The Labute approximate surface area is 115 Å². The molecular weight excluding hydrogens is 260 g/mol. The molecule has 4 nitrogen and oxygen atoms in total. The Morgan fingerprint density at radius 1 is 1.42 bits per heavy atom. The van der Waals surface area contributed by atoms with Crippen molar-refractivity contribution in [2.75, 3.05) is 29.5 Å². The topological polar surface area (TPSA) is 63.4 Å².